The van der Waals surface area contributed by atoms with Crippen LogP contribution in [0.25, 0.3) is 0 Å². The third kappa shape index (κ3) is 3.14. The van der Waals surface area contributed by atoms with Crippen LogP contribution >= 0.6 is 23.2 Å². The summed E-state index contributed by atoms with van der Waals surface area (Å²) in [5.41, 5.74) is 1.18. The molecule has 0 N–H and O–H groups in total. The summed E-state index contributed by atoms with van der Waals surface area (Å²) in [6, 6.07) is 5.09. The monoisotopic (exact) mass is 274 g/mol. The van der Waals surface area contributed by atoms with Crippen molar-refractivity contribution < 1.29 is 4.39 Å². The fraction of sp³-hybridized carbons (Fsp3) is 0.571. The Kier molecular flexibility index (Phi) is 4.32. The Bertz CT molecular complexity index is 384. The van der Waals surface area contributed by atoms with E-state index in [9.17, 15) is 4.39 Å². The molecule has 0 aromatic heterocycles. The first-order valence-corrected chi connectivity index (χ1v) is 7.06. The number of halogens is 3. The molecule has 2 rings (SSSR count). The molecular weight excluding hydrogens is 258 g/mol. The van der Waals surface area contributed by atoms with Crippen molar-refractivity contribution in [1.29, 1.82) is 0 Å². The van der Waals surface area contributed by atoms with Crippen LogP contribution in [0.4, 0.5) is 4.39 Å². The van der Waals surface area contributed by atoms with Crippen LogP contribution < -0.4 is 0 Å². The van der Waals surface area contributed by atoms with Gasteiger partial charge in [0.2, 0.25) is 0 Å². The molecule has 94 valence electrons. The van der Waals surface area contributed by atoms with E-state index in [1.54, 1.807) is 12.1 Å². The maximum Gasteiger partial charge on any atom is 0.142 e. The second kappa shape index (κ2) is 5.58. The van der Waals surface area contributed by atoms with Gasteiger partial charge in [-0.1, -0.05) is 36.9 Å². The first kappa shape index (κ1) is 13.2. The lowest BCUT2D eigenvalue weighted by Gasteiger charge is -2.35. The molecule has 0 aliphatic heterocycles. The van der Waals surface area contributed by atoms with Gasteiger partial charge in [0.05, 0.1) is 5.02 Å². The summed E-state index contributed by atoms with van der Waals surface area (Å²) in [6.07, 6.45) is 6.95. The van der Waals surface area contributed by atoms with Crippen molar-refractivity contribution in [1.82, 2.24) is 0 Å². The number of rotatable bonds is 3. The van der Waals surface area contributed by atoms with Crippen molar-refractivity contribution in [2.45, 2.75) is 38.5 Å². The van der Waals surface area contributed by atoms with E-state index in [2.05, 4.69) is 0 Å². The summed E-state index contributed by atoms with van der Waals surface area (Å²) >= 11 is 11.8. The van der Waals surface area contributed by atoms with E-state index < -0.39 is 0 Å². The van der Waals surface area contributed by atoms with E-state index in [0.717, 1.165) is 24.8 Å². The number of hydrogen-bond donors (Lipinski definition) is 0. The summed E-state index contributed by atoms with van der Waals surface area (Å²) < 4.78 is 13.4. The molecule has 0 nitrogen and oxygen atoms in total. The lowest BCUT2D eigenvalue weighted by molar-refractivity contribution is 0.219. The van der Waals surface area contributed by atoms with Gasteiger partial charge in [0.15, 0.2) is 0 Å². The number of alkyl halides is 1. The van der Waals surface area contributed by atoms with E-state index in [4.69, 9.17) is 23.2 Å². The highest BCUT2D eigenvalue weighted by Crippen LogP contribution is 2.40. The van der Waals surface area contributed by atoms with Crippen LogP contribution in [0.5, 0.6) is 0 Å². The van der Waals surface area contributed by atoms with Gasteiger partial charge < -0.3 is 0 Å². The van der Waals surface area contributed by atoms with Crippen molar-refractivity contribution in [2.24, 2.45) is 5.41 Å². The summed E-state index contributed by atoms with van der Waals surface area (Å²) in [7, 11) is 0. The van der Waals surface area contributed by atoms with Gasteiger partial charge in [0.1, 0.15) is 5.82 Å². The van der Waals surface area contributed by atoms with Crippen molar-refractivity contribution in [3.8, 4) is 0 Å². The van der Waals surface area contributed by atoms with Gasteiger partial charge in [-0.2, -0.15) is 0 Å². The van der Waals surface area contributed by atoms with Crippen molar-refractivity contribution in [3.63, 3.8) is 0 Å². The third-order valence-corrected chi connectivity index (χ3v) is 4.63. The molecule has 0 saturated heterocycles. The number of hydrogen-bond acceptors (Lipinski definition) is 0. The van der Waals surface area contributed by atoms with Gasteiger partial charge in [0, 0.05) is 5.88 Å². The van der Waals surface area contributed by atoms with Crippen LogP contribution in [-0.2, 0) is 6.42 Å². The Morgan fingerprint density at radius 2 is 1.88 bits per heavy atom. The molecule has 17 heavy (non-hydrogen) atoms. The molecule has 0 bridgehead atoms. The average molecular weight is 275 g/mol. The predicted octanol–water partition coefficient (Wildman–Crippen LogP) is 5.21. The molecule has 1 aliphatic carbocycles. The van der Waals surface area contributed by atoms with E-state index in [0.29, 0.717) is 5.88 Å². The van der Waals surface area contributed by atoms with Gasteiger partial charge in [-0.05, 0) is 42.4 Å². The van der Waals surface area contributed by atoms with E-state index >= 15 is 0 Å². The molecule has 1 saturated carbocycles. The Morgan fingerprint density at radius 1 is 1.18 bits per heavy atom. The highest BCUT2D eigenvalue weighted by Gasteiger charge is 2.31. The molecule has 1 aromatic carbocycles. The second-order valence-corrected chi connectivity index (χ2v) is 5.79. The SMILES string of the molecule is Fc1cc(CC2(CCl)CCCCC2)ccc1Cl. The van der Waals surface area contributed by atoms with Crippen molar-refractivity contribution in [3.05, 3.63) is 34.6 Å². The van der Waals surface area contributed by atoms with Crippen LogP contribution in [0.15, 0.2) is 18.2 Å². The summed E-state index contributed by atoms with van der Waals surface area (Å²) in [5.74, 6) is 0.335. The first-order valence-electron chi connectivity index (χ1n) is 6.15. The molecule has 0 heterocycles. The molecule has 3 heteroatoms. The zero-order valence-electron chi connectivity index (χ0n) is 9.82. The normalized spacial score (nSPS) is 19.2. The molecule has 1 aliphatic rings. The molecular formula is C14H17Cl2F. The fourth-order valence-electron chi connectivity index (χ4n) is 2.74. The second-order valence-electron chi connectivity index (χ2n) is 5.12. The van der Waals surface area contributed by atoms with Gasteiger partial charge in [-0.25, -0.2) is 4.39 Å². The minimum atomic E-state index is -0.329. The van der Waals surface area contributed by atoms with Gasteiger partial charge in [-0.15, -0.1) is 11.6 Å². The molecule has 0 amide bonds. The summed E-state index contributed by atoms with van der Waals surface area (Å²) in [6.45, 7) is 0. The van der Waals surface area contributed by atoms with Crippen molar-refractivity contribution >= 4 is 23.2 Å². The zero-order valence-corrected chi connectivity index (χ0v) is 11.3. The quantitative estimate of drug-likeness (QED) is 0.664. The average Bonchev–Trinajstić information content (AvgIpc) is 2.35. The van der Waals surface area contributed by atoms with Crippen LogP contribution in [0.1, 0.15) is 37.7 Å². The Hall–Kier alpha value is -0.270. The summed E-state index contributed by atoms with van der Waals surface area (Å²) in [4.78, 5) is 0. The Balaban J connectivity index is 2.14. The predicted molar refractivity (Wildman–Crippen MR) is 71.4 cm³/mol. The molecule has 0 spiro atoms. The maximum absolute atomic E-state index is 13.4. The topological polar surface area (TPSA) is 0 Å². The van der Waals surface area contributed by atoms with Crippen LogP contribution in [0.3, 0.4) is 0 Å². The standard InChI is InChI=1S/C14H17Cl2F/c15-10-14(6-2-1-3-7-14)9-11-4-5-12(16)13(17)8-11/h4-5,8H,1-3,6-7,9-10H2. The van der Waals surface area contributed by atoms with E-state index in [1.165, 1.54) is 19.3 Å². The van der Waals surface area contributed by atoms with Gasteiger partial charge >= 0.3 is 0 Å². The third-order valence-electron chi connectivity index (χ3n) is 3.76. The van der Waals surface area contributed by atoms with Gasteiger partial charge in [0.25, 0.3) is 0 Å². The number of benzene rings is 1. The largest absolute Gasteiger partial charge is 0.205 e. The maximum atomic E-state index is 13.4. The summed E-state index contributed by atoms with van der Waals surface area (Å²) in [5, 5.41) is 0.192. The van der Waals surface area contributed by atoms with Crippen LogP contribution in [-0.4, -0.2) is 5.88 Å². The van der Waals surface area contributed by atoms with E-state index in [1.807, 2.05) is 6.07 Å². The molecule has 0 radical (unpaired) electrons. The van der Waals surface area contributed by atoms with E-state index in [-0.39, 0.29) is 16.3 Å². The minimum absolute atomic E-state index is 0.167. The lowest BCUT2D eigenvalue weighted by Crippen LogP contribution is -2.28. The molecule has 1 aromatic rings. The Labute approximate surface area is 112 Å². The Morgan fingerprint density at radius 3 is 2.47 bits per heavy atom. The smallest absolute Gasteiger partial charge is 0.142 e. The highest BCUT2D eigenvalue weighted by atomic mass is 35.5. The first-order chi connectivity index (χ1) is 8.15. The van der Waals surface area contributed by atoms with Crippen LogP contribution in [0.2, 0.25) is 5.02 Å². The molecule has 0 unspecified atom stereocenters. The molecule has 1 fully saturated rings. The lowest BCUT2D eigenvalue weighted by atomic mass is 9.72. The minimum Gasteiger partial charge on any atom is -0.205 e. The molecule has 0 atom stereocenters. The highest BCUT2D eigenvalue weighted by molar-refractivity contribution is 6.30. The fourth-order valence-corrected chi connectivity index (χ4v) is 3.22. The van der Waals surface area contributed by atoms with Crippen molar-refractivity contribution in [2.75, 3.05) is 5.88 Å². The van der Waals surface area contributed by atoms with Gasteiger partial charge in [-0.3, -0.25) is 0 Å². The van der Waals surface area contributed by atoms with Crippen LogP contribution in [0, 0.1) is 11.2 Å². The zero-order chi connectivity index (χ0) is 12.3.